The van der Waals surface area contributed by atoms with Crippen molar-refractivity contribution in [3.63, 3.8) is 0 Å². The van der Waals surface area contributed by atoms with Gasteiger partial charge in [0.2, 0.25) is 0 Å². The van der Waals surface area contributed by atoms with Gasteiger partial charge in [-0.05, 0) is 67.9 Å². The monoisotopic (exact) mass is 470 g/mol. The molecule has 1 aliphatic rings. The van der Waals surface area contributed by atoms with Crippen molar-refractivity contribution in [2.45, 2.75) is 13.3 Å². The number of ether oxygens (including phenoxy) is 1. The Labute approximate surface area is 200 Å². The van der Waals surface area contributed by atoms with Crippen molar-refractivity contribution in [1.82, 2.24) is 19.6 Å². The van der Waals surface area contributed by atoms with Crippen LogP contribution in [0, 0.1) is 6.92 Å². The molecule has 10 heteroatoms. The van der Waals surface area contributed by atoms with Crippen LogP contribution < -0.4 is 20.9 Å². The van der Waals surface area contributed by atoms with Crippen LogP contribution in [-0.4, -0.2) is 45.0 Å². The average molecular weight is 470 g/mol. The molecule has 2 aromatic carbocycles. The number of methoxy groups -OCH3 is 1. The van der Waals surface area contributed by atoms with Crippen LogP contribution in [0.15, 0.2) is 65.5 Å². The van der Waals surface area contributed by atoms with E-state index in [0.29, 0.717) is 47.0 Å². The SMILES string of the molecule is COc1ccc(-n2nc(C(N)=O)c3c2C(=O)N(c2ccc(-n4nc(C)ccc4=O)cc2)CC3)cc1. The van der Waals surface area contributed by atoms with E-state index in [2.05, 4.69) is 10.2 Å². The van der Waals surface area contributed by atoms with Gasteiger partial charge in [0.15, 0.2) is 5.69 Å². The standard InChI is InChI=1S/C25H22N6O4/c1-15-3-12-21(32)30(27-15)17-6-4-16(5-7-17)29-14-13-20-22(24(26)33)28-31(23(20)25(29)34)18-8-10-19(35-2)11-9-18/h3-12H,13-14H2,1-2H3,(H2,26,33). The summed E-state index contributed by atoms with van der Waals surface area (Å²) in [4.78, 5) is 39.5. The van der Waals surface area contributed by atoms with Gasteiger partial charge in [0.05, 0.1) is 24.2 Å². The first-order valence-corrected chi connectivity index (χ1v) is 10.9. The maximum atomic E-state index is 13.6. The predicted octanol–water partition coefficient (Wildman–Crippen LogP) is 2.04. The number of aromatic nitrogens is 4. The van der Waals surface area contributed by atoms with Gasteiger partial charge in [0.1, 0.15) is 11.4 Å². The van der Waals surface area contributed by atoms with Gasteiger partial charge in [-0.15, -0.1) is 0 Å². The fourth-order valence-corrected chi connectivity index (χ4v) is 4.18. The Kier molecular flexibility index (Phi) is 5.40. The van der Waals surface area contributed by atoms with Gasteiger partial charge in [0.25, 0.3) is 17.4 Å². The molecule has 4 aromatic rings. The Hall–Kier alpha value is -4.73. The third kappa shape index (κ3) is 3.84. The van der Waals surface area contributed by atoms with Crippen molar-refractivity contribution in [1.29, 1.82) is 0 Å². The Morgan fingerprint density at radius 2 is 1.51 bits per heavy atom. The molecule has 0 saturated carbocycles. The Balaban J connectivity index is 1.53. The maximum absolute atomic E-state index is 13.6. The lowest BCUT2D eigenvalue weighted by molar-refractivity contribution is 0.0972. The van der Waals surface area contributed by atoms with Gasteiger partial charge in [-0.1, -0.05) is 0 Å². The van der Waals surface area contributed by atoms with Gasteiger partial charge in [-0.2, -0.15) is 14.9 Å². The highest BCUT2D eigenvalue weighted by atomic mass is 16.5. The molecule has 35 heavy (non-hydrogen) atoms. The first kappa shape index (κ1) is 22.1. The van der Waals surface area contributed by atoms with Crippen LogP contribution in [0.1, 0.15) is 32.2 Å². The number of benzene rings is 2. The summed E-state index contributed by atoms with van der Waals surface area (Å²) in [6.45, 7) is 2.16. The fourth-order valence-electron chi connectivity index (χ4n) is 4.18. The Morgan fingerprint density at radius 1 is 0.886 bits per heavy atom. The lowest BCUT2D eigenvalue weighted by atomic mass is 10.0. The van der Waals surface area contributed by atoms with Crippen LogP contribution in [0.4, 0.5) is 5.69 Å². The molecule has 0 atom stereocenters. The highest BCUT2D eigenvalue weighted by Gasteiger charge is 2.34. The molecule has 2 amide bonds. The summed E-state index contributed by atoms with van der Waals surface area (Å²) >= 11 is 0. The van der Waals surface area contributed by atoms with Gasteiger partial charge in [0, 0.05) is 23.9 Å². The van der Waals surface area contributed by atoms with Crippen molar-refractivity contribution in [2.75, 3.05) is 18.6 Å². The van der Waals surface area contributed by atoms with E-state index >= 15 is 0 Å². The molecule has 1 aliphatic heterocycles. The van der Waals surface area contributed by atoms with Crippen LogP contribution in [0.3, 0.4) is 0 Å². The van der Waals surface area contributed by atoms with Crippen LogP contribution in [0.2, 0.25) is 0 Å². The van der Waals surface area contributed by atoms with Gasteiger partial charge >= 0.3 is 0 Å². The zero-order chi connectivity index (χ0) is 24.7. The number of hydrogen-bond donors (Lipinski definition) is 1. The summed E-state index contributed by atoms with van der Waals surface area (Å²) in [5, 5.41) is 8.64. The van der Waals surface area contributed by atoms with Gasteiger partial charge in [-0.25, -0.2) is 4.68 Å². The molecule has 0 saturated heterocycles. The summed E-state index contributed by atoms with van der Waals surface area (Å²) in [5.41, 5.74) is 8.78. The molecular formula is C25H22N6O4. The number of carbonyl (C=O) groups is 2. The van der Waals surface area contributed by atoms with E-state index < -0.39 is 5.91 Å². The summed E-state index contributed by atoms with van der Waals surface area (Å²) in [5.74, 6) is -0.337. The number of aryl methyl sites for hydroxylation is 1. The molecule has 0 bridgehead atoms. The van der Waals surface area contributed by atoms with Crippen molar-refractivity contribution in [3.8, 4) is 17.1 Å². The minimum Gasteiger partial charge on any atom is -0.497 e. The third-order valence-electron chi connectivity index (χ3n) is 5.91. The third-order valence-corrected chi connectivity index (χ3v) is 5.91. The number of carbonyl (C=O) groups excluding carboxylic acids is 2. The van der Waals surface area contributed by atoms with Gasteiger partial charge < -0.3 is 15.4 Å². The van der Waals surface area contributed by atoms with Crippen molar-refractivity contribution < 1.29 is 14.3 Å². The lowest BCUT2D eigenvalue weighted by Crippen LogP contribution is -2.39. The van der Waals surface area contributed by atoms with E-state index in [1.54, 1.807) is 73.5 Å². The van der Waals surface area contributed by atoms with Crippen molar-refractivity contribution >= 4 is 17.5 Å². The molecular weight excluding hydrogens is 448 g/mol. The number of hydrogen-bond acceptors (Lipinski definition) is 6. The highest BCUT2D eigenvalue weighted by Crippen LogP contribution is 2.29. The number of fused-ring (bicyclic) bond motifs is 1. The molecule has 2 N–H and O–H groups in total. The normalized spacial score (nSPS) is 13.0. The maximum Gasteiger partial charge on any atom is 0.277 e. The molecule has 3 heterocycles. The van der Waals surface area contributed by atoms with E-state index in [1.165, 1.54) is 15.4 Å². The van der Waals surface area contributed by atoms with Crippen molar-refractivity contribution in [2.24, 2.45) is 5.73 Å². The van der Waals surface area contributed by atoms with E-state index in [4.69, 9.17) is 10.5 Å². The minimum atomic E-state index is -0.685. The summed E-state index contributed by atoms with van der Waals surface area (Å²) < 4.78 is 7.97. The number of rotatable bonds is 5. The molecule has 10 nitrogen and oxygen atoms in total. The van der Waals surface area contributed by atoms with E-state index in [9.17, 15) is 14.4 Å². The molecule has 0 aliphatic carbocycles. The van der Waals surface area contributed by atoms with E-state index in [0.717, 1.165) is 0 Å². The zero-order valence-corrected chi connectivity index (χ0v) is 19.1. The lowest BCUT2D eigenvalue weighted by Gasteiger charge is -2.28. The summed E-state index contributed by atoms with van der Waals surface area (Å²) in [7, 11) is 1.56. The molecule has 0 spiro atoms. The van der Waals surface area contributed by atoms with Crippen LogP contribution >= 0.6 is 0 Å². The van der Waals surface area contributed by atoms with E-state index in [1.807, 2.05) is 0 Å². The molecule has 2 aromatic heterocycles. The first-order chi connectivity index (χ1) is 16.9. The molecule has 0 unspecified atom stereocenters. The number of anilines is 1. The quantitative estimate of drug-likeness (QED) is 0.476. The summed E-state index contributed by atoms with van der Waals surface area (Å²) in [6, 6.07) is 17.1. The molecule has 5 rings (SSSR count). The fraction of sp³-hybridized carbons (Fsp3) is 0.160. The Bertz CT molecular complexity index is 1500. The molecule has 0 radical (unpaired) electrons. The highest BCUT2D eigenvalue weighted by molar-refractivity contribution is 6.09. The molecule has 176 valence electrons. The second-order valence-corrected chi connectivity index (χ2v) is 8.10. The number of nitrogens with two attached hydrogens (primary N) is 1. The minimum absolute atomic E-state index is 0.0871. The number of nitrogens with zero attached hydrogens (tertiary/aromatic N) is 5. The van der Waals surface area contributed by atoms with Crippen LogP contribution in [-0.2, 0) is 6.42 Å². The van der Waals surface area contributed by atoms with Gasteiger partial charge in [-0.3, -0.25) is 14.4 Å². The van der Waals surface area contributed by atoms with Crippen molar-refractivity contribution in [3.05, 3.63) is 93.7 Å². The topological polar surface area (TPSA) is 125 Å². The zero-order valence-electron chi connectivity index (χ0n) is 19.1. The molecule has 0 fully saturated rings. The first-order valence-electron chi connectivity index (χ1n) is 10.9. The Morgan fingerprint density at radius 3 is 2.17 bits per heavy atom. The second-order valence-electron chi connectivity index (χ2n) is 8.10. The van der Waals surface area contributed by atoms with Crippen LogP contribution in [0.5, 0.6) is 5.75 Å². The number of amides is 2. The number of primary amides is 1. The largest absolute Gasteiger partial charge is 0.497 e. The van der Waals surface area contributed by atoms with E-state index in [-0.39, 0.29) is 22.9 Å². The second kappa shape index (κ2) is 8.56. The predicted molar refractivity (Wildman–Crippen MR) is 129 cm³/mol. The summed E-state index contributed by atoms with van der Waals surface area (Å²) in [6.07, 6.45) is 0.413. The smallest absolute Gasteiger partial charge is 0.277 e. The van der Waals surface area contributed by atoms with Crippen LogP contribution in [0.25, 0.3) is 11.4 Å². The average Bonchev–Trinajstić information content (AvgIpc) is 3.27.